The van der Waals surface area contributed by atoms with Crippen LogP contribution in [0.2, 0.25) is 0 Å². The average Bonchev–Trinajstić information content (AvgIpc) is 3.80. The molecule has 8 nitrogen and oxygen atoms in total. The summed E-state index contributed by atoms with van der Waals surface area (Å²) in [7, 11) is 0. The third-order valence-corrected chi connectivity index (χ3v) is 8.71. The molecule has 0 atom stereocenters. The van der Waals surface area contributed by atoms with Crippen molar-refractivity contribution in [3.63, 3.8) is 0 Å². The topological polar surface area (TPSA) is 117 Å². The molecule has 0 saturated carbocycles. The van der Waals surface area contributed by atoms with Crippen molar-refractivity contribution in [2.24, 2.45) is 5.73 Å². The highest BCUT2D eigenvalue weighted by molar-refractivity contribution is 5.99. The van der Waals surface area contributed by atoms with Crippen LogP contribution in [0, 0.1) is 0 Å². The number of aromatic carboxylic acids is 1. The molecule has 51 heavy (non-hydrogen) atoms. The first-order valence-electron chi connectivity index (χ1n) is 16.7. The van der Waals surface area contributed by atoms with Gasteiger partial charge in [-0.2, -0.15) is 0 Å². The molecule has 254 valence electrons. The molecule has 0 fully saturated rings. The Morgan fingerprint density at radius 1 is 0.490 bits per heavy atom. The SMILES string of the molecule is NCCCC(=O)c1cccc2c1OC(c1ccccc1)(c1ccccc1)O2.O=C(O)c1cccc2c1OC(c1ccccc1)(c1ccccc1)O2. The minimum Gasteiger partial charge on any atom is -0.478 e. The fourth-order valence-corrected chi connectivity index (χ4v) is 6.26. The van der Waals surface area contributed by atoms with Crippen molar-refractivity contribution in [1.82, 2.24) is 0 Å². The molecule has 6 aromatic carbocycles. The van der Waals surface area contributed by atoms with Crippen LogP contribution in [0.1, 0.15) is 55.8 Å². The Morgan fingerprint density at radius 2 is 0.863 bits per heavy atom. The Balaban J connectivity index is 0.000000160. The van der Waals surface area contributed by atoms with Crippen LogP contribution >= 0.6 is 0 Å². The monoisotopic (exact) mass is 677 g/mol. The van der Waals surface area contributed by atoms with Gasteiger partial charge in [0.1, 0.15) is 5.56 Å². The van der Waals surface area contributed by atoms with Crippen LogP contribution in [0.15, 0.2) is 158 Å². The zero-order valence-electron chi connectivity index (χ0n) is 27.6. The average molecular weight is 678 g/mol. The number of benzene rings is 6. The van der Waals surface area contributed by atoms with Gasteiger partial charge in [-0.1, -0.05) is 133 Å². The van der Waals surface area contributed by atoms with Crippen molar-refractivity contribution in [3.8, 4) is 23.0 Å². The second-order valence-corrected chi connectivity index (χ2v) is 12.0. The summed E-state index contributed by atoms with van der Waals surface area (Å²) in [4.78, 5) is 24.2. The lowest BCUT2D eigenvalue weighted by Crippen LogP contribution is -2.36. The van der Waals surface area contributed by atoms with Gasteiger partial charge in [0.2, 0.25) is 0 Å². The number of carbonyl (C=O) groups is 2. The molecule has 8 heteroatoms. The lowest BCUT2D eigenvalue weighted by atomic mass is 9.97. The molecular formula is C43H35NO7. The summed E-state index contributed by atoms with van der Waals surface area (Å²) in [5.74, 6) is -1.62. The van der Waals surface area contributed by atoms with E-state index in [-0.39, 0.29) is 17.1 Å². The van der Waals surface area contributed by atoms with Gasteiger partial charge in [0.25, 0.3) is 0 Å². The van der Waals surface area contributed by atoms with Crippen LogP contribution in [0.25, 0.3) is 0 Å². The van der Waals surface area contributed by atoms with E-state index in [0.29, 0.717) is 42.2 Å². The van der Waals surface area contributed by atoms with Crippen LogP contribution in [0.3, 0.4) is 0 Å². The summed E-state index contributed by atoms with van der Waals surface area (Å²) in [5.41, 5.74) is 9.50. The molecule has 0 aromatic heterocycles. The number of ketones is 1. The number of nitrogens with two attached hydrogens (primary N) is 1. The van der Waals surface area contributed by atoms with Gasteiger partial charge in [0, 0.05) is 28.7 Å². The van der Waals surface area contributed by atoms with Crippen molar-refractivity contribution in [1.29, 1.82) is 0 Å². The molecular weight excluding hydrogens is 642 g/mol. The number of rotatable bonds is 9. The summed E-state index contributed by atoms with van der Waals surface area (Å²) in [5, 5.41) is 9.42. The zero-order valence-corrected chi connectivity index (χ0v) is 27.6. The molecule has 0 unspecified atom stereocenters. The fourth-order valence-electron chi connectivity index (χ4n) is 6.26. The molecule has 2 aliphatic heterocycles. The second kappa shape index (κ2) is 14.2. The van der Waals surface area contributed by atoms with Gasteiger partial charge in [-0.05, 0) is 37.2 Å². The normalized spacial score (nSPS) is 14.2. The fraction of sp³-hybridized carbons (Fsp3) is 0.116. The Morgan fingerprint density at radius 3 is 1.24 bits per heavy atom. The van der Waals surface area contributed by atoms with Gasteiger partial charge < -0.3 is 29.8 Å². The summed E-state index contributed by atoms with van der Waals surface area (Å²) < 4.78 is 25.1. The molecule has 2 aliphatic rings. The molecule has 6 aromatic rings. The first-order valence-corrected chi connectivity index (χ1v) is 16.7. The van der Waals surface area contributed by atoms with Crippen LogP contribution in [0.4, 0.5) is 0 Å². The van der Waals surface area contributed by atoms with Crippen LogP contribution in [-0.2, 0) is 11.6 Å². The quantitative estimate of drug-likeness (QED) is 0.147. The highest BCUT2D eigenvalue weighted by Crippen LogP contribution is 2.50. The van der Waals surface area contributed by atoms with Gasteiger partial charge in [-0.25, -0.2) is 4.79 Å². The number of carboxylic acid groups (broad SMARTS) is 1. The lowest BCUT2D eigenvalue weighted by Gasteiger charge is -2.28. The highest BCUT2D eigenvalue weighted by atomic mass is 16.7. The van der Waals surface area contributed by atoms with E-state index >= 15 is 0 Å². The van der Waals surface area contributed by atoms with E-state index in [9.17, 15) is 14.7 Å². The van der Waals surface area contributed by atoms with Crippen LogP contribution in [0.5, 0.6) is 23.0 Å². The molecule has 0 radical (unpaired) electrons. The van der Waals surface area contributed by atoms with Gasteiger partial charge in [-0.15, -0.1) is 0 Å². The molecule has 2 heterocycles. The van der Waals surface area contributed by atoms with Gasteiger partial charge >= 0.3 is 17.5 Å². The van der Waals surface area contributed by atoms with E-state index in [4.69, 9.17) is 24.7 Å². The maximum absolute atomic E-state index is 12.7. The highest BCUT2D eigenvalue weighted by Gasteiger charge is 2.48. The zero-order chi connectivity index (χ0) is 35.3. The standard InChI is InChI=1S/C23H21NO3.C20H14O4/c24-16-8-14-20(25)19-13-7-15-21-22(19)27-23(26-21,17-9-3-1-4-10-17)18-11-5-2-6-12-18;21-19(22)16-12-7-13-17-18(16)24-20(23-17,14-8-3-1-4-9-14)15-10-5-2-6-11-15/h1-7,9-13,15H,8,14,16,24H2;1-13H,(H,21,22). The first kappa shape index (κ1) is 33.1. The van der Waals surface area contributed by atoms with Crippen molar-refractivity contribution in [3.05, 3.63) is 191 Å². The van der Waals surface area contributed by atoms with Crippen LogP contribution < -0.4 is 24.7 Å². The smallest absolute Gasteiger partial charge is 0.339 e. The maximum Gasteiger partial charge on any atom is 0.339 e. The Kier molecular flexibility index (Phi) is 9.24. The van der Waals surface area contributed by atoms with Gasteiger partial charge in [0.05, 0.1) is 5.56 Å². The van der Waals surface area contributed by atoms with E-state index in [1.165, 1.54) is 6.07 Å². The Bertz CT molecular complexity index is 2060. The molecule has 3 N–H and O–H groups in total. The van der Waals surface area contributed by atoms with E-state index in [0.717, 1.165) is 22.3 Å². The molecule has 0 bridgehead atoms. The Labute approximate surface area is 295 Å². The first-order chi connectivity index (χ1) is 24.9. The van der Waals surface area contributed by atoms with E-state index in [1.54, 1.807) is 18.2 Å². The second-order valence-electron chi connectivity index (χ2n) is 12.0. The number of hydrogen-bond acceptors (Lipinski definition) is 7. The number of ether oxygens (including phenoxy) is 4. The van der Waals surface area contributed by atoms with Gasteiger partial charge in [-0.3, -0.25) is 4.79 Å². The predicted octanol–water partition coefficient (Wildman–Crippen LogP) is 8.34. The van der Waals surface area contributed by atoms with Gasteiger partial charge in [0.15, 0.2) is 28.8 Å². The van der Waals surface area contributed by atoms with E-state index in [1.807, 2.05) is 133 Å². The predicted molar refractivity (Wildman–Crippen MR) is 192 cm³/mol. The number of carbonyl (C=O) groups excluding carboxylic acids is 1. The van der Waals surface area contributed by atoms with E-state index < -0.39 is 17.5 Å². The Hall–Kier alpha value is -6.38. The van der Waals surface area contributed by atoms with Crippen LogP contribution in [-0.4, -0.2) is 23.4 Å². The van der Waals surface area contributed by atoms with Crippen molar-refractivity contribution in [2.75, 3.05) is 6.54 Å². The number of fused-ring (bicyclic) bond motifs is 2. The number of carboxylic acids is 1. The summed E-state index contributed by atoms with van der Waals surface area (Å²) in [6, 6.07) is 48.9. The summed E-state index contributed by atoms with van der Waals surface area (Å²) in [6.07, 6.45) is 1.03. The minimum absolute atomic E-state index is 0.0119. The largest absolute Gasteiger partial charge is 0.478 e. The molecule has 0 amide bonds. The van der Waals surface area contributed by atoms with Crippen molar-refractivity contribution >= 4 is 11.8 Å². The van der Waals surface area contributed by atoms with E-state index in [2.05, 4.69) is 0 Å². The third kappa shape index (κ3) is 6.29. The van der Waals surface area contributed by atoms with Crippen molar-refractivity contribution < 1.29 is 33.6 Å². The number of hydrogen-bond donors (Lipinski definition) is 2. The maximum atomic E-state index is 12.7. The summed E-state index contributed by atoms with van der Waals surface area (Å²) in [6.45, 7) is 0.482. The third-order valence-electron chi connectivity index (χ3n) is 8.71. The van der Waals surface area contributed by atoms with Crippen molar-refractivity contribution in [2.45, 2.75) is 24.4 Å². The molecule has 0 aliphatic carbocycles. The lowest BCUT2D eigenvalue weighted by molar-refractivity contribution is -0.0465. The number of Topliss-reactive ketones (excluding diaryl/α,β-unsaturated/α-hetero) is 1. The summed E-state index contributed by atoms with van der Waals surface area (Å²) >= 11 is 0. The molecule has 8 rings (SSSR count). The molecule has 0 spiro atoms. The molecule has 0 saturated heterocycles. The minimum atomic E-state index is -1.20. The number of para-hydroxylation sites is 2.